The smallest absolute Gasteiger partial charge is 0.747 e. The third-order valence-electron chi connectivity index (χ3n) is 3.96. The third-order valence-corrected chi connectivity index (χ3v) is 7.47. The van der Waals surface area contributed by atoms with Gasteiger partial charge >= 0.3 is 59.0 Å². The summed E-state index contributed by atoms with van der Waals surface area (Å²) in [5, 5.41) is 0. The Bertz CT molecular complexity index is 859. The molecule has 2 N–H and O–H groups in total. The summed E-state index contributed by atoms with van der Waals surface area (Å²) < 4.78 is 44.2. The van der Waals surface area contributed by atoms with Crippen LogP contribution in [0.3, 0.4) is 0 Å². The summed E-state index contributed by atoms with van der Waals surface area (Å²) in [6.07, 6.45) is 0.261. The molecule has 6 nitrogen and oxygen atoms in total. The Labute approximate surface area is 196 Å². The number of aryl methyl sites for hydroxylation is 2. The van der Waals surface area contributed by atoms with Gasteiger partial charge in [0.1, 0.15) is 10.1 Å². The fourth-order valence-electron chi connectivity index (χ4n) is 2.57. The molecule has 0 radical (unpaired) electrons. The molecule has 9 heteroatoms. The topological polar surface area (TPSA) is 115 Å². The zero-order valence-electron chi connectivity index (χ0n) is 14.7. The van der Waals surface area contributed by atoms with Crippen LogP contribution in [-0.2, 0) is 21.1 Å². The molecule has 0 heterocycles. The van der Waals surface area contributed by atoms with E-state index in [1.807, 2.05) is 55.5 Å². The van der Waals surface area contributed by atoms with Crippen LogP contribution in [0.5, 0.6) is 0 Å². The Hall–Kier alpha value is 0.136. The standard InChI is InChI=1S/C17H21O6PS.K/c1-13-5-9-15(10-6-13)16-11-7-14(8-12-16)3-2-4-17(24(18,19)20)25(21,22)23;/h5-12,17H,2-4H2,1H3,(H2,18,19,20)(H,21,22,23);/q;+1/p-1. The van der Waals surface area contributed by atoms with Crippen molar-refractivity contribution < 1.29 is 78.7 Å². The van der Waals surface area contributed by atoms with E-state index in [4.69, 9.17) is 9.79 Å². The molecule has 1 atom stereocenters. The molecule has 0 amide bonds. The summed E-state index contributed by atoms with van der Waals surface area (Å²) in [7, 11) is -10.0. The van der Waals surface area contributed by atoms with Crippen LogP contribution >= 0.6 is 7.60 Å². The molecule has 2 aromatic rings. The average Bonchev–Trinajstić information content (AvgIpc) is 2.50. The first kappa shape index (κ1) is 24.2. The van der Waals surface area contributed by atoms with Gasteiger partial charge in [0.05, 0.1) is 0 Å². The van der Waals surface area contributed by atoms with E-state index >= 15 is 0 Å². The van der Waals surface area contributed by atoms with E-state index in [9.17, 15) is 17.5 Å². The Balaban J connectivity index is 0.00000338. The number of hydrogen-bond donors (Lipinski definition) is 2. The molecule has 0 aromatic heterocycles. The van der Waals surface area contributed by atoms with Gasteiger partial charge < -0.3 is 14.3 Å². The molecule has 136 valence electrons. The van der Waals surface area contributed by atoms with Crippen LogP contribution in [0.2, 0.25) is 0 Å². The maximum absolute atomic E-state index is 11.2. The Morgan fingerprint density at radius 1 is 1.00 bits per heavy atom. The summed E-state index contributed by atoms with van der Waals surface area (Å²) in [6, 6.07) is 15.7. The van der Waals surface area contributed by atoms with Gasteiger partial charge in [-0.3, -0.25) is 4.57 Å². The summed E-state index contributed by atoms with van der Waals surface area (Å²) >= 11 is 0. The predicted octanol–water partition coefficient (Wildman–Crippen LogP) is 0.0377. The molecule has 0 aliphatic heterocycles. The largest absolute Gasteiger partial charge is 1.00 e. The van der Waals surface area contributed by atoms with Crippen LogP contribution in [0.15, 0.2) is 48.5 Å². The Kier molecular flexibility index (Phi) is 9.36. The monoisotopic (exact) mass is 422 g/mol. The molecule has 1 unspecified atom stereocenters. The molecule has 0 spiro atoms. The van der Waals surface area contributed by atoms with Crippen molar-refractivity contribution in [3.8, 4) is 11.1 Å². The number of benzene rings is 2. The van der Waals surface area contributed by atoms with E-state index in [1.165, 1.54) is 5.56 Å². The third kappa shape index (κ3) is 7.28. The van der Waals surface area contributed by atoms with Crippen molar-refractivity contribution in [2.75, 3.05) is 0 Å². The van der Waals surface area contributed by atoms with Gasteiger partial charge in [-0.2, -0.15) is 0 Å². The van der Waals surface area contributed by atoms with Crippen molar-refractivity contribution in [1.29, 1.82) is 0 Å². The van der Waals surface area contributed by atoms with Crippen molar-refractivity contribution in [2.24, 2.45) is 0 Å². The minimum absolute atomic E-state index is 0. The second-order valence-electron chi connectivity index (χ2n) is 5.99. The minimum Gasteiger partial charge on any atom is -0.747 e. The number of rotatable bonds is 7. The Morgan fingerprint density at radius 3 is 1.88 bits per heavy atom. The van der Waals surface area contributed by atoms with Crippen LogP contribution in [0.25, 0.3) is 11.1 Å². The molecule has 0 fully saturated rings. The molecule has 26 heavy (non-hydrogen) atoms. The van der Waals surface area contributed by atoms with Gasteiger partial charge in [0.25, 0.3) is 0 Å². The zero-order chi connectivity index (χ0) is 18.7. The van der Waals surface area contributed by atoms with E-state index in [2.05, 4.69) is 0 Å². The number of hydrogen-bond acceptors (Lipinski definition) is 4. The van der Waals surface area contributed by atoms with Gasteiger partial charge in [-0.25, -0.2) is 8.42 Å². The van der Waals surface area contributed by atoms with Gasteiger partial charge in [0.15, 0.2) is 4.99 Å². The fourth-order valence-corrected chi connectivity index (χ4v) is 4.89. The van der Waals surface area contributed by atoms with E-state index in [1.54, 1.807) is 0 Å². The predicted molar refractivity (Wildman–Crippen MR) is 95.1 cm³/mol. The van der Waals surface area contributed by atoms with Crippen molar-refractivity contribution in [2.45, 2.75) is 31.2 Å². The van der Waals surface area contributed by atoms with Crippen molar-refractivity contribution in [3.05, 3.63) is 59.7 Å². The molecule has 0 saturated heterocycles. The minimum atomic E-state index is -5.04. The molecule has 0 aliphatic rings. The van der Waals surface area contributed by atoms with Gasteiger partial charge in [0, 0.05) is 0 Å². The summed E-state index contributed by atoms with van der Waals surface area (Å²) in [5.74, 6) is 0. The van der Waals surface area contributed by atoms with Crippen molar-refractivity contribution >= 4 is 17.7 Å². The van der Waals surface area contributed by atoms with E-state index in [-0.39, 0.29) is 64.2 Å². The zero-order valence-corrected chi connectivity index (χ0v) is 19.5. The van der Waals surface area contributed by atoms with E-state index in [0.717, 1.165) is 16.7 Å². The molecule has 2 aromatic carbocycles. The molecule has 0 saturated carbocycles. The second-order valence-corrected chi connectivity index (χ2v) is 9.70. The molecular formula is C17H20KO6PS. The quantitative estimate of drug-likeness (QED) is 0.370. The first-order valence-corrected chi connectivity index (χ1v) is 10.9. The normalized spacial score (nSPS) is 13.1. The van der Waals surface area contributed by atoms with Crippen LogP contribution in [0.1, 0.15) is 24.0 Å². The molecule has 2 rings (SSSR count). The molecule has 0 aliphatic carbocycles. The maximum Gasteiger partial charge on any atom is 1.00 e. The van der Waals surface area contributed by atoms with Crippen molar-refractivity contribution in [3.63, 3.8) is 0 Å². The van der Waals surface area contributed by atoms with Gasteiger partial charge in [-0.05, 0) is 42.9 Å². The van der Waals surface area contributed by atoms with Gasteiger partial charge in [-0.1, -0.05) is 54.1 Å². The van der Waals surface area contributed by atoms with E-state index in [0.29, 0.717) is 6.42 Å². The molecule has 0 bridgehead atoms. The van der Waals surface area contributed by atoms with Crippen LogP contribution < -0.4 is 51.4 Å². The SMILES string of the molecule is Cc1ccc(-c2ccc(CCCC(P(=O)(O)O)S(=O)(=O)[O-])cc2)cc1.[K+]. The molecular weight excluding hydrogens is 402 g/mol. The van der Waals surface area contributed by atoms with E-state index < -0.39 is 22.7 Å². The summed E-state index contributed by atoms with van der Waals surface area (Å²) in [6.45, 7) is 2.01. The van der Waals surface area contributed by atoms with Crippen LogP contribution in [0.4, 0.5) is 0 Å². The van der Waals surface area contributed by atoms with Crippen LogP contribution in [-0.4, -0.2) is 27.7 Å². The average molecular weight is 422 g/mol. The van der Waals surface area contributed by atoms with Crippen LogP contribution in [0, 0.1) is 6.92 Å². The first-order chi connectivity index (χ1) is 11.6. The summed E-state index contributed by atoms with van der Waals surface area (Å²) in [4.78, 5) is 15.9. The Morgan fingerprint density at radius 2 is 1.46 bits per heavy atom. The summed E-state index contributed by atoms with van der Waals surface area (Å²) in [5.41, 5.74) is 4.20. The second kappa shape index (κ2) is 10.1. The first-order valence-electron chi connectivity index (χ1n) is 7.73. The maximum atomic E-state index is 11.2. The fraction of sp³-hybridized carbons (Fsp3) is 0.294. The van der Waals surface area contributed by atoms with Crippen molar-refractivity contribution in [1.82, 2.24) is 0 Å². The van der Waals surface area contributed by atoms with Gasteiger partial charge in [0.2, 0.25) is 0 Å². The van der Waals surface area contributed by atoms with Gasteiger partial charge in [-0.15, -0.1) is 0 Å².